The largest absolute Gasteiger partial charge is 0.368 e. The molecule has 1 aromatic carbocycles. The minimum atomic E-state index is -0.215. The Labute approximate surface area is 147 Å². The zero-order chi connectivity index (χ0) is 17.6. The van der Waals surface area contributed by atoms with Gasteiger partial charge in [0.25, 0.3) is 5.91 Å². The van der Waals surface area contributed by atoms with Crippen LogP contribution < -0.4 is 15.1 Å². The molecule has 1 aromatic heterocycles. The molecule has 1 amide bonds. The van der Waals surface area contributed by atoms with E-state index in [0.29, 0.717) is 12.2 Å². The fraction of sp³-hybridized carbons (Fsp3) is 0.368. The fourth-order valence-corrected chi connectivity index (χ4v) is 2.94. The highest BCUT2D eigenvalue weighted by Crippen LogP contribution is 2.21. The predicted octanol–water partition coefficient (Wildman–Crippen LogP) is 2.69. The summed E-state index contributed by atoms with van der Waals surface area (Å²) in [5.74, 6) is -0.346. The molecule has 3 rings (SSSR count). The van der Waals surface area contributed by atoms with Gasteiger partial charge in [0.1, 0.15) is 11.5 Å². The van der Waals surface area contributed by atoms with E-state index < -0.39 is 0 Å². The van der Waals surface area contributed by atoms with E-state index in [1.54, 1.807) is 6.20 Å². The minimum Gasteiger partial charge on any atom is -0.368 e. The van der Waals surface area contributed by atoms with Gasteiger partial charge in [0.05, 0.1) is 0 Å². The summed E-state index contributed by atoms with van der Waals surface area (Å²) in [6.45, 7) is 6.07. The van der Waals surface area contributed by atoms with E-state index in [1.165, 1.54) is 12.1 Å². The van der Waals surface area contributed by atoms with Crippen molar-refractivity contribution in [3.8, 4) is 0 Å². The molecule has 0 aliphatic carbocycles. The fourth-order valence-electron chi connectivity index (χ4n) is 2.94. The Bertz CT molecular complexity index is 712. The first-order chi connectivity index (χ1) is 12.2. The third-order valence-electron chi connectivity index (χ3n) is 4.35. The quantitative estimate of drug-likeness (QED) is 0.908. The molecule has 0 spiro atoms. The van der Waals surface area contributed by atoms with Gasteiger partial charge in [0.2, 0.25) is 0 Å². The molecule has 0 radical (unpaired) electrons. The van der Waals surface area contributed by atoms with Gasteiger partial charge in [0.15, 0.2) is 0 Å². The number of amides is 1. The number of carbonyl (C=O) groups is 1. The Balaban J connectivity index is 1.62. The number of benzene rings is 1. The van der Waals surface area contributed by atoms with Gasteiger partial charge in [-0.15, -0.1) is 0 Å². The van der Waals surface area contributed by atoms with Gasteiger partial charge < -0.3 is 15.1 Å². The van der Waals surface area contributed by atoms with Crippen molar-refractivity contribution in [2.75, 3.05) is 42.5 Å². The van der Waals surface area contributed by atoms with E-state index in [0.717, 1.165) is 44.0 Å². The van der Waals surface area contributed by atoms with Gasteiger partial charge >= 0.3 is 0 Å². The molecule has 5 nitrogen and oxygen atoms in total. The smallest absolute Gasteiger partial charge is 0.269 e. The second-order valence-corrected chi connectivity index (χ2v) is 6.11. The number of carbonyl (C=O) groups excluding carboxylic acids is 1. The lowest BCUT2D eigenvalue weighted by Crippen LogP contribution is -2.46. The number of halogens is 1. The molecule has 1 N–H and O–H groups in total. The molecule has 1 aliphatic rings. The molecular formula is C19H23FN4O. The monoisotopic (exact) mass is 342 g/mol. The molecule has 1 fully saturated rings. The standard InChI is InChI=1S/C19H23FN4O/c1-2-8-22-19(25)18-14-17(7-9-21-18)24-12-10-23(11-13-24)16-5-3-15(20)4-6-16/h3-7,9,14H,2,8,10-13H2,1H3,(H,22,25). The van der Waals surface area contributed by atoms with Crippen LogP contribution in [0.2, 0.25) is 0 Å². The highest BCUT2D eigenvalue weighted by atomic mass is 19.1. The van der Waals surface area contributed by atoms with Crippen molar-refractivity contribution < 1.29 is 9.18 Å². The maximum Gasteiger partial charge on any atom is 0.269 e. The highest BCUT2D eigenvalue weighted by molar-refractivity contribution is 5.93. The van der Waals surface area contributed by atoms with Crippen LogP contribution in [0.3, 0.4) is 0 Å². The summed E-state index contributed by atoms with van der Waals surface area (Å²) in [7, 11) is 0. The third-order valence-corrected chi connectivity index (χ3v) is 4.35. The predicted molar refractivity (Wildman–Crippen MR) is 97.7 cm³/mol. The summed E-state index contributed by atoms with van der Waals surface area (Å²) in [5, 5.41) is 2.85. The molecule has 0 unspecified atom stereocenters. The number of aromatic nitrogens is 1. The summed E-state index contributed by atoms with van der Waals surface area (Å²) in [4.78, 5) is 20.7. The average Bonchev–Trinajstić information content (AvgIpc) is 2.67. The molecule has 25 heavy (non-hydrogen) atoms. The molecule has 6 heteroatoms. The molecule has 0 saturated carbocycles. The summed E-state index contributed by atoms with van der Waals surface area (Å²) < 4.78 is 13.1. The number of rotatable bonds is 5. The molecular weight excluding hydrogens is 319 g/mol. The zero-order valence-electron chi connectivity index (χ0n) is 14.4. The Morgan fingerprint density at radius 1 is 1.08 bits per heavy atom. The summed E-state index contributed by atoms with van der Waals surface area (Å²) >= 11 is 0. The Kier molecular flexibility index (Phi) is 5.48. The lowest BCUT2D eigenvalue weighted by atomic mass is 10.2. The molecule has 132 valence electrons. The normalized spacial score (nSPS) is 14.5. The van der Waals surface area contributed by atoms with Crippen LogP contribution in [0.5, 0.6) is 0 Å². The molecule has 0 atom stereocenters. The van der Waals surface area contributed by atoms with E-state index in [1.807, 2.05) is 31.2 Å². The molecule has 0 bridgehead atoms. The minimum absolute atomic E-state index is 0.131. The Morgan fingerprint density at radius 3 is 2.36 bits per heavy atom. The van der Waals surface area contributed by atoms with E-state index in [4.69, 9.17) is 0 Å². The number of hydrogen-bond donors (Lipinski definition) is 1. The van der Waals surface area contributed by atoms with E-state index in [-0.39, 0.29) is 11.7 Å². The number of hydrogen-bond acceptors (Lipinski definition) is 4. The van der Waals surface area contributed by atoms with Crippen LogP contribution in [0.1, 0.15) is 23.8 Å². The number of nitrogens with zero attached hydrogens (tertiary/aromatic N) is 3. The second-order valence-electron chi connectivity index (χ2n) is 6.11. The Hall–Kier alpha value is -2.63. The molecule has 1 saturated heterocycles. The van der Waals surface area contributed by atoms with Crippen LogP contribution in [-0.4, -0.2) is 43.6 Å². The number of anilines is 2. The first-order valence-corrected chi connectivity index (χ1v) is 8.67. The van der Waals surface area contributed by atoms with Crippen LogP contribution >= 0.6 is 0 Å². The SMILES string of the molecule is CCCNC(=O)c1cc(N2CCN(c3ccc(F)cc3)CC2)ccn1. The van der Waals surface area contributed by atoms with Crippen LogP contribution in [0, 0.1) is 5.82 Å². The van der Waals surface area contributed by atoms with E-state index >= 15 is 0 Å². The third kappa shape index (κ3) is 4.26. The summed E-state index contributed by atoms with van der Waals surface area (Å²) in [6, 6.07) is 10.4. The molecule has 2 aromatic rings. The molecule has 2 heterocycles. The van der Waals surface area contributed by atoms with Crippen molar-refractivity contribution in [1.82, 2.24) is 10.3 Å². The summed E-state index contributed by atoms with van der Waals surface area (Å²) in [6.07, 6.45) is 2.58. The number of pyridine rings is 1. The zero-order valence-corrected chi connectivity index (χ0v) is 14.4. The number of nitrogens with one attached hydrogen (secondary N) is 1. The van der Waals surface area contributed by atoms with Gasteiger partial charge in [-0.25, -0.2) is 4.39 Å². The lowest BCUT2D eigenvalue weighted by molar-refractivity contribution is 0.0948. The van der Waals surface area contributed by atoms with Gasteiger partial charge in [0, 0.05) is 50.3 Å². The maximum atomic E-state index is 13.1. The van der Waals surface area contributed by atoms with Crippen LogP contribution in [0.15, 0.2) is 42.6 Å². The van der Waals surface area contributed by atoms with Gasteiger partial charge in [-0.1, -0.05) is 6.92 Å². The van der Waals surface area contributed by atoms with Crippen molar-refractivity contribution in [2.24, 2.45) is 0 Å². The van der Waals surface area contributed by atoms with Crippen LogP contribution in [0.4, 0.5) is 15.8 Å². The van der Waals surface area contributed by atoms with Gasteiger partial charge in [-0.2, -0.15) is 0 Å². The first-order valence-electron chi connectivity index (χ1n) is 8.67. The van der Waals surface area contributed by atoms with Crippen molar-refractivity contribution in [1.29, 1.82) is 0 Å². The van der Waals surface area contributed by atoms with Crippen molar-refractivity contribution >= 4 is 17.3 Å². The van der Waals surface area contributed by atoms with Crippen molar-refractivity contribution in [3.63, 3.8) is 0 Å². The van der Waals surface area contributed by atoms with E-state index in [9.17, 15) is 9.18 Å². The Morgan fingerprint density at radius 2 is 1.72 bits per heavy atom. The first kappa shape index (κ1) is 17.2. The lowest BCUT2D eigenvalue weighted by Gasteiger charge is -2.37. The van der Waals surface area contributed by atoms with Crippen molar-refractivity contribution in [2.45, 2.75) is 13.3 Å². The second kappa shape index (κ2) is 7.96. The highest BCUT2D eigenvalue weighted by Gasteiger charge is 2.18. The van der Waals surface area contributed by atoms with Crippen molar-refractivity contribution in [3.05, 3.63) is 54.1 Å². The summed E-state index contributed by atoms with van der Waals surface area (Å²) in [5.41, 5.74) is 2.50. The topological polar surface area (TPSA) is 48.5 Å². The van der Waals surface area contributed by atoms with Crippen LogP contribution in [0.25, 0.3) is 0 Å². The van der Waals surface area contributed by atoms with Gasteiger partial charge in [-0.05, 0) is 42.8 Å². The van der Waals surface area contributed by atoms with Gasteiger partial charge in [-0.3, -0.25) is 9.78 Å². The van der Waals surface area contributed by atoms with E-state index in [2.05, 4.69) is 20.1 Å². The molecule has 1 aliphatic heterocycles. The van der Waals surface area contributed by atoms with Crippen LogP contribution in [-0.2, 0) is 0 Å². The number of piperazine rings is 1. The maximum absolute atomic E-state index is 13.1. The average molecular weight is 342 g/mol.